The van der Waals surface area contributed by atoms with Crippen LogP contribution in [-0.2, 0) is 0 Å². The minimum Gasteiger partial charge on any atom is -0.314 e. The van der Waals surface area contributed by atoms with Crippen LogP contribution in [0.2, 0.25) is 0 Å². The monoisotopic (exact) mass is 266 g/mol. The lowest BCUT2D eigenvalue weighted by Gasteiger charge is -2.40. The van der Waals surface area contributed by atoms with Crippen molar-refractivity contribution >= 4 is 0 Å². The van der Waals surface area contributed by atoms with Crippen LogP contribution in [0.1, 0.15) is 72.1 Å². The molecule has 1 aliphatic heterocycles. The van der Waals surface area contributed by atoms with Gasteiger partial charge < -0.3 is 5.32 Å². The molecule has 0 spiro atoms. The number of rotatable bonds is 6. The van der Waals surface area contributed by atoms with Gasteiger partial charge in [-0.3, -0.25) is 4.90 Å². The molecule has 0 aromatic rings. The smallest absolute Gasteiger partial charge is 0.00958 e. The molecule has 1 N–H and O–H groups in total. The second kappa shape index (κ2) is 7.64. The van der Waals surface area contributed by atoms with E-state index in [0.29, 0.717) is 0 Å². The number of hydrogen-bond donors (Lipinski definition) is 1. The number of likely N-dealkylation sites (tertiary alicyclic amines) is 1. The number of piperidine rings is 1. The first kappa shape index (κ1) is 15.3. The van der Waals surface area contributed by atoms with Gasteiger partial charge in [-0.25, -0.2) is 0 Å². The van der Waals surface area contributed by atoms with Gasteiger partial charge in [0, 0.05) is 18.1 Å². The quantitative estimate of drug-likeness (QED) is 0.786. The molecule has 2 aliphatic rings. The topological polar surface area (TPSA) is 15.3 Å². The average Bonchev–Trinajstić information content (AvgIpc) is 2.83. The fraction of sp³-hybridized carbons (Fsp3) is 1.00. The molecule has 1 aliphatic carbocycles. The summed E-state index contributed by atoms with van der Waals surface area (Å²) in [7, 11) is 0. The Kier molecular flexibility index (Phi) is 6.15. The van der Waals surface area contributed by atoms with Crippen molar-refractivity contribution in [1.82, 2.24) is 10.2 Å². The van der Waals surface area contributed by atoms with Gasteiger partial charge in [0.05, 0.1) is 0 Å². The van der Waals surface area contributed by atoms with Crippen molar-refractivity contribution in [1.29, 1.82) is 0 Å². The highest BCUT2D eigenvalue weighted by Crippen LogP contribution is 2.30. The van der Waals surface area contributed by atoms with Crippen molar-refractivity contribution in [2.45, 2.75) is 90.3 Å². The molecule has 2 fully saturated rings. The van der Waals surface area contributed by atoms with Gasteiger partial charge in [0.15, 0.2) is 0 Å². The number of nitrogens with one attached hydrogen (secondary N) is 1. The van der Waals surface area contributed by atoms with E-state index in [4.69, 9.17) is 0 Å². The molecule has 2 unspecified atom stereocenters. The maximum Gasteiger partial charge on any atom is 0.00958 e. The van der Waals surface area contributed by atoms with Crippen LogP contribution in [0.25, 0.3) is 0 Å². The van der Waals surface area contributed by atoms with Crippen LogP contribution < -0.4 is 5.32 Å². The van der Waals surface area contributed by atoms with E-state index in [1.807, 2.05) is 0 Å². The van der Waals surface area contributed by atoms with Gasteiger partial charge in [0.25, 0.3) is 0 Å². The van der Waals surface area contributed by atoms with Gasteiger partial charge in [-0.05, 0) is 71.4 Å². The molecule has 1 saturated carbocycles. The minimum atomic E-state index is 0.812. The molecule has 112 valence electrons. The Morgan fingerprint density at radius 2 is 1.68 bits per heavy atom. The summed E-state index contributed by atoms with van der Waals surface area (Å²) >= 11 is 0. The van der Waals surface area contributed by atoms with E-state index in [-0.39, 0.29) is 0 Å². The second-order valence-electron chi connectivity index (χ2n) is 6.91. The lowest BCUT2D eigenvalue weighted by molar-refractivity contribution is 0.0943. The number of hydrogen-bond acceptors (Lipinski definition) is 2. The van der Waals surface area contributed by atoms with Crippen LogP contribution >= 0.6 is 0 Å². The highest BCUT2D eigenvalue weighted by molar-refractivity contribution is 4.86. The summed E-state index contributed by atoms with van der Waals surface area (Å²) in [5.74, 6) is 0.938. The van der Waals surface area contributed by atoms with Gasteiger partial charge in [-0.15, -0.1) is 0 Å². The van der Waals surface area contributed by atoms with E-state index in [1.54, 1.807) is 0 Å². The van der Waals surface area contributed by atoms with E-state index in [0.717, 1.165) is 24.0 Å². The molecular formula is C17H34N2. The molecule has 1 saturated heterocycles. The van der Waals surface area contributed by atoms with Crippen molar-refractivity contribution in [2.24, 2.45) is 5.92 Å². The summed E-state index contributed by atoms with van der Waals surface area (Å²) < 4.78 is 0. The van der Waals surface area contributed by atoms with Crippen LogP contribution in [-0.4, -0.2) is 36.1 Å². The van der Waals surface area contributed by atoms with Gasteiger partial charge >= 0.3 is 0 Å². The minimum absolute atomic E-state index is 0.812. The largest absolute Gasteiger partial charge is 0.314 e. The van der Waals surface area contributed by atoms with Crippen LogP contribution in [0.3, 0.4) is 0 Å². The fourth-order valence-electron chi connectivity index (χ4n) is 4.21. The molecule has 0 amide bonds. The lowest BCUT2D eigenvalue weighted by Crippen LogP contribution is -2.45. The second-order valence-corrected chi connectivity index (χ2v) is 6.91. The predicted molar refractivity (Wildman–Crippen MR) is 83.5 cm³/mol. The molecule has 0 aromatic heterocycles. The maximum absolute atomic E-state index is 3.77. The van der Waals surface area contributed by atoms with Crippen LogP contribution in [0.5, 0.6) is 0 Å². The summed E-state index contributed by atoms with van der Waals surface area (Å²) in [6, 6.07) is 2.44. The van der Waals surface area contributed by atoms with E-state index in [2.05, 4.69) is 31.0 Å². The van der Waals surface area contributed by atoms with Gasteiger partial charge in [-0.1, -0.05) is 19.8 Å². The zero-order chi connectivity index (χ0) is 13.7. The van der Waals surface area contributed by atoms with Gasteiger partial charge in [0.1, 0.15) is 0 Å². The molecule has 4 atom stereocenters. The summed E-state index contributed by atoms with van der Waals surface area (Å²) in [5, 5.41) is 3.77. The Bertz CT molecular complexity index is 244. The molecule has 2 rings (SSSR count). The Balaban J connectivity index is 1.77. The van der Waals surface area contributed by atoms with Crippen molar-refractivity contribution in [3.63, 3.8) is 0 Å². The Morgan fingerprint density at radius 3 is 2.37 bits per heavy atom. The van der Waals surface area contributed by atoms with Crippen molar-refractivity contribution in [2.75, 3.05) is 13.1 Å². The van der Waals surface area contributed by atoms with Crippen LogP contribution in [0.4, 0.5) is 0 Å². The molecule has 2 heteroatoms. The third-order valence-electron chi connectivity index (χ3n) is 5.45. The molecule has 0 aromatic carbocycles. The van der Waals surface area contributed by atoms with Crippen LogP contribution in [0.15, 0.2) is 0 Å². The maximum atomic E-state index is 3.77. The van der Waals surface area contributed by atoms with E-state index in [1.165, 1.54) is 64.5 Å². The van der Waals surface area contributed by atoms with Gasteiger partial charge in [-0.2, -0.15) is 0 Å². The van der Waals surface area contributed by atoms with E-state index in [9.17, 15) is 0 Å². The Morgan fingerprint density at radius 1 is 1.00 bits per heavy atom. The molecule has 0 radical (unpaired) electrons. The standard InChI is InChI=1S/C17H34N2/c1-4-12-18-17-10-6-9-16(17)11-13-19-14(2)7-5-8-15(19)3/h14-18H,4-13H2,1-3H3/t14-,15+,16?,17?. The van der Waals surface area contributed by atoms with Crippen LogP contribution in [0, 0.1) is 5.92 Å². The average molecular weight is 266 g/mol. The normalized spacial score (nSPS) is 36.8. The van der Waals surface area contributed by atoms with E-state index < -0.39 is 0 Å². The van der Waals surface area contributed by atoms with Gasteiger partial charge in [0.2, 0.25) is 0 Å². The summed E-state index contributed by atoms with van der Waals surface area (Å²) in [4.78, 5) is 2.78. The predicted octanol–water partition coefficient (Wildman–Crippen LogP) is 3.81. The molecule has 2 nitrogen and oxygen atoms in total. The first-order chi connectivity index (χ1) is 9.22. The highest BCUT2D eigenvalue weighted by Gasteiger charge is 2.29. The summed E-state index contributed by atoms with van der Waals surface area (Å²) in [5.41, 5.74) is 0. The van der Waals surface area contributed by atoms with E-state index >= 15 is 0 Å². The summed E-state index contributed by atoms with van der Waals surface area (Å²) in [6.45, 7) is 9.66. The third-order valence-corrected chi connectivity index (χ3v) is 5.45. The molecule has 19 heavy (non-hydrogen) atoms. The van der Waals surface area contributed by atoms with Crippen molar-refractivity contribution in [3.05, 3.63) is 0 Å². The van der Waals surface area contributed by atoms with Crippen molar-refractivity contribution < 1.29 is 0 Å². The SMILES string of the molecule is CCCNC1CCCC1CCN1[C@H](C)CCC[C@@H]1C. The zero-order valence-electron chi connectivity index (χ0n) is 13.3. The zero-order valence-corrected chi connectivity index (χ0v) is 13.3. The highest BCUT2D eigenvalue weighted by atomic mass is 15.2. The first-order valence-corrected chi connectivity index (χ1v) is 8.71. The molecule has 1 heterocycles. The molecular weight excluding hydrogens is 232 g/mol. The lowest BCUT2D eigenvalue weighted by atomic mass is 9.94. The number of nitrogens with zero attached hydrogens (tertiary/aromatic N) is 1. The molecule has 0 bridgehead atoms. The first-order valence-electron chi connectivity index (χ1n) is 8.71. The fourth-order valence-corrected chi connectivity index (χ4v) is 4.21. The van der Waals surface area contributed by atoms with Crippen molar-refractivity contribution in [3.8, 4) is 0 Å². The summed E-state index contributed by atoms with van der Waals surface area (Å²) in [6.07, 6.45) is 11.2. The third kappa shape index (κ3) is 4.19. The Labute approximate surface area is 120 Å². The Hall–Kier alpha value is -0.0800.